The van der Waals surface area contributed by atoms with Gasteiger partial charge in [-0.1, -0.05) is 0 Å². The topological polar surface area (TPSA) is 87.7 Å². The van der Waals surface area contributed by atoms with Crippen LogP contribution in [-0.2, 0) is 11.2 Å². The van der Waals surface area contributed by atoms with Crippen molar-refractivity contribution in [1.82, 2.24) is 10.6 Å². The highest BCUT2D eigenvalue weighted by molar-refractivity contribution is 14.1. The second-order valence-electron chi connectivity index (χ2n) is 5.90. The molecule has 130 valence electrons. The molecule has 1 saturated heterocycles. The Kier molecular flexibility index (Phi) is 5.09. The lowest BCUT2D eigenvalue weighted by Gasteiger charge is -2.21. The highest BCUT2D eigenvalue weighted by atomic mass is 127. The van der Waals surface area contributed by atoms with Gasteiger partial charge in [0.2, 0.25) is 0 Å². The van der Waals surface area contributed by atoms with Crippen LogP contribution in [0.4, 0.5) is 4.79 Å². The Morgan fingerprint density at radius 1 is 1.12 bits per heavy atom. The standard InChI is InChI=1S/C17H14I2N2O4/c1-17(15(23)20-16(24)21-17)8-9-6-12(18)14(13(19)7-9)25-11-4-2-10(22)3-5-11/h2-7,22H,8H2,1H3,(H2,20,21,23,24). The largest absolute Gasteiger partial charge is 0.508 e. The lowest BCUT2D eigenvalue weighted by molar-refractivity contribution is -0.123. The van der Waals surface area contributed by atoms with Crippen molar-refractivity contribution in [3.05, 3.63) is 49.1 Å². The Labute approximate surface area is 171 Å². The smallest absolute Gasteiger partial charge is 0.322 e. The van der Waals surface area contributed by atoms with Gasteiger partial charge < -0.3 is 15.2 Å². The summed E-state index contributed by atoms with van der Waals surface area (Å²) in [5.41, 5.74) is -0.0329. The van der Waals surface area contributed by atoms with Crippen molar-refractivity contribution in [3.8, 4) is 17.2 Å². The van der Waals surface area contributed by atoms with Gasteiger partial charge in [-0.2, -0.15) is 0 Å². The molecule has 25 heavy (non-hydrogen) atoms. The van der Waals surface area contributed by atoms with E-state index in [-0.39, 0.29) is 11.7 Å². The minimum atomic E-state index is -0.956. The number of hydrogen-bond acceptors (Lipinski definition) is 4. The van der Waals surface area contributed by atoms with Gasteiger partial charge in [0.15, 0.2) is 5.75 Å². The van der Waals surface area contributed by atoms with E-state index in [0.29, 0.717) is 17.9 Å². The summed E-state index contributed by atoms with van der Waals surface area (Å²) in [5, 5.41) is 14.3. The van der Waals surface area contributed by atoms with Crippen LogP contribution in [0.3, 0.4) is 0 Å². The molecule has 0 radical (unpaired) electrons. The fourth-order valence-corrected chi connectivity index (χ4v) is 4.67. The molecule has 1 unspecified atom stereocenters. The maximum Gasteiger partial charge on any atom is 0.322 e. The van der Waals surface area contributed by atoms with Crippen molar-refractivity contribution in [3.63, 3.8) is 0 Å². The molecule has 1 atom stereocenters. The summed E-state index contributed by atoms with van der Waals surface area (Å²) in [6, 6.07) is 9.90. The van der Waals surface area contributed by atoms with E-state index in [0.717, 1.165) is 12.7 Å². The number of imide groups is 1. The third-order valence-electron chi connectivity index (χ3n) is 3.79. The first-order valence-electron chi connectivity index (χ1n) is 7.35. The Morgan fingerprint density at radius 2 is 1.72 bits per heavy atom. The normalized spacial score (nSPS) is 19.5. The van der Waals surface area contributed by atoms with Gasteiger partial charge in [-0.3, -0.25) is 10.1 Å². The molecule has 2 aromatic carbocycles. The number of benzene rings is 2. The van der Waals surface area contributed by atoms with E-state index in [1.54, 1.807) is 31.2 Å². The highest BCUT2D eigenvalue weighted by Gasteiger charge is 2.41. The molecule has 1 aliphatic heterocycles. The number of halogens is 2. The molecule has 0 bridgehead atoms. The number of amides is 3. The fourth-order valence-electron chi connectivity index (χ4n) is 2.56. The highest BCUT2D eigenvalue weighted by Crippen LogP contribution is 2.34. The first-order valence-corrected chi connectivity index (χ1v) is 9.51. The third kappa shape index (κ3) is 4.00. The molecule has 0 aliphatic carbocycles. The van der Waals surface area contributed by atoms with Crippen LogP contribution in [0.25, 0.3) is 0 Å². The molecular weight excluding hydrogens is 550 g/mol. The molecule has 3 N–H and O–H groups in total. The Morgan fingerprint density at radius 3 is 2.24 bits per heavy atom. The molecule has 1 heterocycles. The number of nitrogens with one attached hydrogen (secondary N) is 2. The quantitative estimate of drug-likeness (QED) is 0.392. The van der Waals surface area contributed by atoms with E-state index in [2.05, 4.69) is 55.8 Å². The molecule has 1 aliphatic rings. The van der Waals surface area contributed by atoms with Crippen molar-refractivity contribution in [1.29, 1.82) is 0 Å². The molecule has 6 nitrogen and oxygen atoms in total. The summed E-state index contributed by atoms with van der Waals surface area (Å²) in [4.78, 5) is 23.4. The lowest BCUT2D eigenvalue weighted by atomic mass is 9.93. The summed E-state index contributed by atoms with van der Waals surface area (Å²) >= 11 is 4.36. The number of rotatable bonds is 4. The summed E-state index contributed by atoms with van der Waals surface area (Å²) in [7, 11) is 0. The fraction of sp³-hybridized carbons (Fsp3) is 0.176. The molecule has 2 aromatic rings. The van der Waals surface area contributed by atoms with Crippen LogP contribution in [0.15, 0.2) is 36.4 Å². The maximum atomic E-state index is 12.0. The zero-order chi connectivity index (χ0) is 18.2. The predicted octanol–water partition coefficient (Wildman–Crippen LogP) is 3.53. The van der Waals surface area contributed by atoms with E-state index in [1.165, 1.54) is 0 Å². The predicted molar refractivity (Wildman–Crippen MR) is 109 cm³/mol. The monoisotopic (exact) mass is 564 g/mol. The molecular formula is C17H14I2N2O4. The van der Waals surface area contributed by atoms with Gasteiger partial charge in [-0.25, -0.2) is 4.79 Å². The number of hydrogen-bond donors (Lipinski definition) is 3. The minimum absolute atomic E-state index is 0.178. The Bertz CT molecular complexity index is 831. The number of aromatic hydroxyl groups is 1. The second-order valence-corrected chi connectivity index (χ2v) is 8.23. The molecule has 0 saturated carbocycles. The van der Waals surface area contributed by atoms with Crippen LogP contribution < -0.4 is 15.4 Å². The Hall–Kier alpha value is -1.56. The van der Waals surface area contributed by atoms with Crippen molar-refractivity contribution in [2.75, 3.05) is 0 Å². The number of carbonyl (C=O) groups is 2. The van der Waals surface area contributed by atoms with Gasteiger partial charge >= 0.3 is 6.03 Å². The maximum absolute atomic E-state index is 12.0. The number of carbonyl (C=O) groups excluding carboxylic acids is 2. The summed E-state index contributed by atoms with van der Waals surface area (Å²) in [6.45, 7) is 1.70. The minimum Gasteiger partial charge on any atom is -0.508 e. The van der Waals surface area contributed by atoms with Crippen LogP contribution in [-0.4, -0.2) is 22.6 Å². The van der Waals surface area contributed by atoms with Crippen molar-refractivity contribution >= 4 is 57.1 Å². The zero-order valence-electron chi connectivity index (χ0n) is 13.1. The molecule has 3 amide bonds. The zero-order valence-corrected chi connectivity index (χ0v) is 17.4. The van der Waals surface area contributed by atoms with Gasteiger partial charge in [0.1, 0.15) is 17.0 Å². The van der Waals surface area contributed by atoms with E-state index in [1.807, 2.05) is 12.1 Å². The summed E-state index contributed by atoms with van der Waals surface area (Å²) in [5.74, 6) is 1.18. The lowest BCUT2D eigenvalue weighted by Crippen LogP contribution is -2.45. The number of phenols is 1. The van der Waals surface area contributed by atoms with Crippen LogP contribution in [0, 0.1) is 7.14 Å². The average Bonchev–Trinajstić information content (AvgIpc) is 2.77. The molecule has 8 heteroatoms. The van der Waals surface area contributed by atoms with Gasteiger partial charge in [-0.05, 0) is 94.1 Å². The van der Waals surface area contributed by atoms with Gasteiger partial charge in [0.25, 0.3) is 5.91 Å². The van der Waals surface area contributed by atoms with E-state index in [4.69, 9.17) is 4.74 Å². The average molecular weight is 564 g/mol. The SMILES string of the molecule is CC1(Cc2cc(I)c(Oc3ccc(O)cc3)c(I)c2)NC(=O)NC1=O. The Balaban J connectivity index is 1.84. The van der Waals surface area contributed by atoms with E-state index < -0.39 is 11.6 Å². The van der Waals surface area contributed by atoms with Crippen LogP contribution in [0.2, 0.25) is 0 Å². The molecule has 3 rings (SSSR count). The van der Waals surface area contributed by atoms with E-state index >= 15 is 0 Å². The van der Waals surface area contributed by atoms with Crippen LogP contribution >= 0.6 is 45.2 Å². The van der Waals surface area contributed by atoms with Gasteiger partial charge in [-0.15, -0.1) is 0 Å². The molecule has 0 aromatic heterocycles. The van der Waals surface area contributed by atoms with Crippen molar-refractivity contribution < 1.29 is 19.4 Å². The molecule has 0 spiro atoms. The van der Waals surface area contributed by atoms with Crippen molar-refractivity contribution in [2.24, 2.45) is 0 Å². The molecule has 1 fully saturated rings. The third-order valence-corrected chi connectivity index (χ3v) is 5.39. The number of ether oxygens (including phenoxy) is 1. The number of urea groups is 1. The van der Waals surface area contributed by atoms with Gasteiger partial charge in [0, 0.05) is 6.42 Å². The second kappa shape index (κ2) is 6.98. The number of phenolic OH excluding ortho intramolecular Hbond substituents is 1. The first-order chi connectivity index (χ1) is 11.8. The van der Waals surface area contributed by atoms with Crippen LogP contribution in [0.1, 0.15) is 12.5 Å². The van der Waals surface area contributed by atoms with E-state index in [9.17, 15) is 14.7 Å². The summed E-state index contributed by atoms with van der Waals surface area (Å²) < 4.78 is 7.69. The first kappa shape index (κ1) is 18.2. The van der Waals surface area contributed by atoms with Crippen LogP contribution in [0.5, 0.6) is 17.2 Å². The summed E-state index contributed by atoms with van der Waals surface area (Å²) in [6.07, 6.45) is 0.385. The van der Waals surface area contributed by atoms with Gasteiger partial charge in [0.05, 0.1) is 7.14 Å². The van der Waals surface area contributed by atoms with Crippen molar-refractivity contribution in [2.45, 2.75) is 18.9 Å².